The standard InChI is InChI=1S/C15H19BrO2/c1-10-7-12-8-11(4-5-15(12)18-10)14(16)9-13-3-2-6-17-13/h4-5,8,10,13-14H,2-3,6-7,9H2,1H3. The highest BCUT2D eigenvalue weighted by molar-refractivity contribution is 9.09. The lowest BCUT2D eigenvalue weighted by Crippen LogP contribution is -2.08. The first-order valence-electron chi connectivity index (χ1n) is 6.77. The summed E-state index contributed by atoms with van der Waals surface area (Å²) in [5, 5.41) is 0. The fraction of sp³-hybridized carbons (Fsp3) is 0.600. The van der Waals surface area contributed by atoms with Crippen LogP contribution in [-0.2, 0) is 11.2 Å². The minimum absolute atomic E-state index is 0.321. The molecular weight excluding hydrogens is 292 g/mol. The third-order valence-corrected chi connectivity index (χ3v) is 4.68. The molecule has 1 aromatic rings. The second-order valence-electron chi connectivity index (χ2n) is 5.34. The van der Waals surface area contributed by atoms with Crippen LogP contribution >= 0.6 is 15.9 Å². The van der Waals surface area contributed by atoms with Crippen LogP contribution in [-0.4, -0.2) is 18.8 Å². The zero-order valence-electron chi connectivity index (χ0n) is 10.7. The lowest BCUT2D eigenvalue weighted by molar-refractivity contribution is 0.104. The molecule has 2 nitrogen and oxygen atoms in total. The summed E-state index contributed by atoms with van der Waals surface area (Å²) in [6, 6.07) is 6.57. The van der Waals surface area contributed by atoms with Crippen molar-refractivity contribution >= 4 is 15.9 Å². The molecule has 18 heavy (non-hydrogen) atoms. The summed E-state index contributed by atoms with van der Waals surface area (Å²) in [6.07, 6.45) is 5.26. The molecule has 3 unspecified atom stereocenters. The van der Waals surface area contributed by atoms with Crippen LogP contribution in [0.3, 0.4) is 0 Å². The Balaban J connectivity index is 1.70. The van der Waals surface area contributed by atoms with Crippen LogP contribution in [0.2, 0.25) is 0 Å². The van der Waals surface area contributed by atoms with E-state index in [4.69, 9.17) is 9.47 Å². The molecule has 0 aromatic heterocycles. The van der Waals surface area contributed by atoms with Crippen molar-refractivity contribution in [3.63, 3.8) is 0 Å². The van der Waals surface area contributed by atoms with Gasteiger partial charge in [0.15, 0.2) is 0 Å². The zero-order valence-corrected chi connectivity index (χ0v) is 12.3. The molecule has 0 bridgehead atoms. The van der Waals surface area contributed by atoms with Gasteiger partial charge in [-0.2, -0.15) is 0 Å². The Morgan fingerprint density at radius 3 is 3.11 bits per heavy atom. The quantitative estimate of drug-likeness (QED) is 0.785. The first kappa shape index (κ1) is 12.5. The highest BCUT2D eigenvalue weighted by Crippen LogP contribution is 2.36. The molecule has 3 atom stereocenters. The summed E-state index contributed by atoms with van der Waals surface area (Å²) < 4.78 is 11.4. The molecule has 3 heteroatoms. The Kier molecular flexibility index (Phi) is 3.62. The van der Waals surface area contributed by atoms with Crippen LogP contribution in [0.5, 0.6) is 5.75 Å². The van der Waals surface area contributed by atoms with Gasteiger partial charge in [0.1, 0.15) is 11.9 Å². The summed E-state index contributed by atoms with van der Waals surface area (Å²) in [5.41, 5.74) is 2.69. The van der Waals surface area contributed by atoms with E-state index in [0.717, 1.165) is 25.2 Å². The van der Waals surface area contributed by atoms with E-state index < -0.39 is 0 Å². The minimum atomic E-state index is 0.321. The molecule has 2 aliphatic heterocycles. The van der Waals surface area contributed by atoms with E-state index in [0.29, 0.717) is 17.0 Å². The van der Waals surface area contributed by atoms with Crippen LogP contribution in [0.25, 0.3) is 0 Å². The number of fused-ring (bicyclic) bond motifs is 1. The smallest absolute Gasteiger partial charge is 0.123 e. The fourth-order valence-electron chi connectivity index (χ4n) is 2.83. The van der Waals surface area contributed by atoms with Crippen molar-refractivity contribution < 1.29 is 9.47 Å². The van der Waals surface area contributed by atoms with E-state index in [2.05, 4.69) is 41.1 Å². The van der Waals surface area contributed by atoms with Gasteiger partial charge < -0.3 is 9.47 Å². The molecule has 1 aromatic carbocycles. The van der Waals surface area contributed by atoms with Gasteiger partial charge in [0.05, 0.1) is 6.10 Å². The maximum Gasteiger partial charge on any atom is 0.123 e. The SMILES string of the molecule is CC1Cc2cc(C(Br)CC3CCCO3)ccc2O1. The third kappa shape index (κ3) is 2.57. The van der Waals surface area contributed by atoms with Crippen molar-refractivity contribution in [3.05, 3.63) is 29.3 Å². The molecule has 0 saturated carbocycles. The van der Waals surface area contributed by atoms with Gasteiger partial charge in [-0.05, 0) is 43.4 Å². The van der Waals surface area contributed by atoms with Gasteiger partial charge in [0.25, 0.3) is 0 Å². The number of alkyl halides is 1. The van der Waals surface area contributed by atoms with Gasteiger partial charge in [0.2, 0.25) is 0 Å². The topological polar surface area (TPSA) is 18.5 Å². The van der Waals surface area contributed by atoms with Crippen molar-refractivity contribution in [2.75, 3.05) is 6.61 Å². The van der Waals surface area contributed by atoms with Crippen molar-refractivity contribution in [1.82, 2.24) is 0 Å². The number of benzene rings is 1. The van der Waals surface area contributed by atoms with Crippen molar-refractivity contribution in [2.45, 2.75) is 49.6 Å². The van der Waals surface area contributed by atoms with Crippen molar-refractivity contribution in [1.29, 1.82) is 0 Å². The Labute approximate surface area is 117 Å². The Hall–Kier alpha value is -0.540. The van der Waals surface area contributed by atoms with E-state index >= 15 is 0 Å². The van der Waals surface area contributed by atoms with Crippen LogP contribution in [0, 0.1) is 0 Å². The molecule has 1 fully saturated rings. The zero-order chi connectivity index (χ0) is 12.5. The van der Waals surface area contributed by atoms with E-state index in [1.54, 1.807) is 0 Å². The second-order valence-corrected chi connectivity index (χ2v) is 6.44. The summed E-state index contributed by atoms with van der Waals surface area (Å²) in [5.74, 6) is 1.06. The maximum atomic E-state index is 5.73. The molecular formula is C15H19BrO2. The molecule has 0 spiro atoms. The third-order valence-electron chi connectivity index (χ3n) is 3.78. The van der Waals surface area contributed by atoms with Crippen molar-refractivity contribution in [3.8, 4) is 5.75 Å². The molecule has 0 amide bonds. The molecule has 1 saturated heterocycles. The average molecular weight is 311 g/mol. The minimum Gasteiger partial charge on any atom is -0.490 e. The van der Waals surface area contributed by atoms with Gasteiger partial charge >= 0.3 is 0 Å². The molecule has 2 aliphatic rings. The lowest BCUT2D eigenvalue weighted by Gasteiger charge is -2.15. The monoisotopic (exact) mass is 310 g/mol. The Bertz CT molecular complexity index is 427. The summed E-state index contributed by atoms with van der Waals surface area (Å²) in [7, 11) is 0. The molecule has 2 heterocycles. The lowest BCUT2D eigenvalue weighted by atomic mass is 10.0. The Morgan fingerprint density at radius 2 is 2.33 bits per heavy atom. The second kappa shape index (κ2) is 5.22. The molecule has 0 aliphatic carbocycles. The van der Waals surface area contributed by atoms with Crippen LogP contribution in [0.15, 0.2) is 18.2 Å². The average Bonchev–Trinajstić information content (AvgIpc) is 2.95. The first-order valence-corrected chi connectivity index (χ1v) is 7.69. The predicted molar refractivity (Wildman–Crippen MR) is 75.5 cm³/mol. The number of hydrogen-bond acceptors (Lipinski definition) is 2. The van der Waals surface area contributed by atoms with Crippen LogP contribution in [0.1, 0.15) is 42.1 Å². The highest BCUT2D eigenvalue weighted by atomic mass is 79.9. The summed E-state index contributed by atoms with van der Waals surface area (Å²) in [4.78, 5) is 0.391. The number of ether oxygens (including phenoxy) is 2. The molecule has 3 rings (SSSR count). The molecule has 98 valence electrons. The van der Waals surface area contributed by atoms with E-state index in [1.165, 1.54) is 24.0 Å². The normalized spacial score (nSPS) is 27.9. The van der Waals surface area contributed by atoms with Crippen molar-refractivity contribution in [2.24, 2.45) is 0 Å². The fourth-order valence-corrected chi connectivity index (χ4v) is 3.54. The van der Waals surface area contributed by atoms with Gasteiger partial charge in [-0.1, -0.05) is 28.1 Å². The predicted octanol–water partition coefficient (Wildman–Crippen LogP) is 4.02. The van der Waals surface area contributed by atoms with Crippen LogP contribution in [0.4, 0.5) is 0 Å². The number of halogens is 1. The number of rotatable bonds is 3. The van der Waals surface area contributed by atoms with Crippen LogP contribution < -0.4 is 4.74 Å². The number of hydrogen-bond donors (Lipinski definition) is 0. The molecule has 0 N–H and O–H groups in total. The van der Waals surface area contributed by atoms with E-state index in [1.807, 2.05) is 0 Å². The highest BCUT2D eigenvalue weighted by Gasteiger charge is 2.23. The summed E-state index contributed by atoms with van der Waals surface area (Å²) in [6.45, 7) is 3.05. The summed E-state index contributed by atoms with van der Waals surface area (Å²) >= 11 is 3.80. The maximum absolute atomic E-state index is 5.73. The van der Waals surface area contributed by atoms with Gasteiger partial charge in [-0.25, -0.2) is 0 Å². The van der Waals surface area contributed by atoms with E-state index in [9.17, 15) is 0 Å². The van der Waals surface area contributed by atoms with Gasteiger partial charge in [-0.15, -0.1) is 0 Å². The van der Waals surface area contributed by atoms with Gasteiger partial charge in [-0.3, -0.25) is 0 Å². The molecule has 0 radical (unpaired) electrons. The van der Waals surface area contributed by atoms with Gasteiger partial charge in [0, 0.05) is 17.9 Å². The largest absolute Gasteiger partial charge is 0.490 e. The Morgan fingerprint density at radius 1 is 1.44 bits per heavy atom. The van der Waals surface area contributed by atoms with E-state index in [-0.39, 0.29) is 0 Å². The first-order chi connectivity index (χ1) is 8.72.